The summed E-state index contributed by atoms with van der Waals surface area (Å²) in [6, 6.07) is 16.7. The molecule has 0 unspecified atom stereocenters. The first kappa shape index (κ1) is 50.9. The Bertz CT molecular complexity index is 2900. The van der Waals surface area contributed by atoms with Gasteiger partial charge in [0, 0.05) is 82.4 Å². The van der Waals surface area contributed by atoms with Crippen molar-refractivity contribution in [3.05, 3.63) is 94.7 Å². The smallest absolute Gasteiger partial charge is 0.268 e. The third-order valence-electron chi connectivity index (χ3n) is 15.6. The van der Waals surface area contributed by atoms with Crippen LogP contribution in [0.2, 0.25) is 0 Å². The average molecular weight is 1010 g/mol. The van der Waals surface area contributed by atoms with Gasteiger partial charge in [-0.05, 0) is 119 Å². The number of amides is 2. The molecular weight excluding hydrogens is 942 g/mol. The maximum absolute atomic E-state index is 15.0. The summed E-state index contributed by atoms with van der Waals surface area (Å²) in [4.78, 5) is 44.8. The molecule has 2 saturated heterocycles. The number of hydrogen-bond acceptors (Lipinski definition) is 14. The number of piperidine rings is 1. The molecule has 9 rings (SSSR count). The van der Waals surface area contributed by atoms with Gasteiger partial charge in [0.15, 0.2) is 5.75 Å². The van der Waals surface area contributed by atoms with E-state index >= 15 is 0 Å². The predicted octanol–water partition coefficient (Wildman–Crippen LogP) is 8.47. The monoisotopic (exact) mass is 1010 g/mol. The van der Waals surface area contributed by atoms with Gasteiger partial charge in [-0.2, -0.15) is 4.98 Å². The summed E-state index contributed by atoms with van der Waals surface area (Å²) < 4.78 is 57.3. The number of fused-ring (bicyclic) bond motifs is 1. The van der Waals surface area contributed by atoms with Crippen LogP contribution in [-0.4, -0.2) is 115 Å². The minimum Gasteiger partial charge on any atom is -0.758 e. The zero-order valence-corrected chi connectivity index (χ0v) is 42.9. The molecule has 5 aromatic rings. The molecule has 17 nitrogen and oxygen atoms in total. The first-order valence-electron chi connectivity index (χ1n) is 25.2. The minimum absolute atomic E-state index is 0.0125. The molecule has 4 N–H and O–H groups in total. The molecule has 4 aliphatic rings. The molecule has 3 aromatic heterocycles. The van der Waals surface area contributed by atoms with E-state index in [0.717, 1.165) is 76.1 Å². The molecule has 19 heteroatoms. The van der Waals surface area contributed by atoms with Crippen LogP contribution in [0.15, 0.2) is 71.9 Å². The van der Waals surface area contributed by atoms with E-state index in [2.05, 4.69) is 72.9 Å². The standard InChI is InChI=1S/C53H67FN9O8S/c1-7-70-51-47(26-42-43(54)31-57-48(42)58-51)71-46-24-36(12-13-41(46)50(65)59-72(68,69)38-25-44(60(6)67)49(56-30-38)55-29-35-14-16-52(5,66)17-15-35)61-20-18-53(19-21-61)27-37(28-53)63-23-22-62(34(4)64)32-45(63)40-11-9-8-10-39(40)33(2)3/h8-13,24-26,30-31,33,35,37,45,66H,7,14-23,27-29,32H2,1-6H3,(H,55,56)(H,57,58)(H,59,65)/q-1/t35?,45-,52?/m0/s1. The highest BCUT2D eigenvalue weighted by molar-refractivity contribution is 7.90. The number of nitrogens with zero attached hydrogens (tertiary/aromatic N) is 6. The summed E-state index contributed by atoms with van der Waals surface area (Å²) in [5.74, 6) is -0.659. The zero-order valence-electron chi connectivity index (χ0n) is 42.0. The lowest BCUT2D eigenvalue weighted by Crippen LogP contribution is -2.60. The number of sulfonamides is 1. The summed E-state index contributed by atoms with van der Waals surface area (Å²) in [5.41, 5.74) is 2.88. The number of piperazine rings is 1. The van der Waals surface area contributed by atoms with Crippen molar-refractivity contribution < 1.29 is 37.0 Å². The maximum atomic E-state index is 15.0. The fourth-order valence-electron chi connectivity index (χ4n) is 11.3. The molecule has 2 saturated carbocycles. The molecule has 2 aliphatic heterocycles. The molecule has 2 aromatic carbocycles. The first-order chi connectivity index (χ1) is 34.3. The summed E-state index contributed by atoms with van der Waals surface area (Å²) in [6.45, 7) is 14.0. The van der Waals surface area contributed by atoms with Gasteiger partial charge in [-0.15, -0.1) is 0 Å². The van der Waals surface area contributed by atoms with Crippen molar-refractivity contribution in [3.63, 3.8) is 0 Å². The van der Waals surface area contributed by atoms with E-state index in [9.17, 15) is 32.7 Å². The molecule has 0 bridgehead atoms. The molecule has 2 amide bonds. The Morgan fingerprint density at radius 3 is 2.46 bits per heavy atom. The highest BCUT2D eigenvalue weighted by atomic mass is 32.2. The van der Waals surface area contributed by atoms with Gasteiger partial charge in [-0.1, -0.05) is 38.1 Å². The van der Waals surface area contributed by atoms with Gasteiger partial charge in [0.1, 0.15) is 27.9 Å². The van der Waals surface area contributed by atoms with Crippen LogP contribution >= 0.6 is 0 Å². The van der Waals surface area contributed by atoms with Gasteiger partial charge in [0.05, 0.1) is 34.9 Å². The van der Waals surface area contributed by atoms with Crippen molar-refractivity contribution in [3.8, 4) is 17.4 Å². The van der Waals surface area contributed by atoms with E-state index in [4.69, 9.17) is 9.47 Å². The number of aliphatic hydroxyl groups is 1. The third kappa shape index (κ3) is 10.7. The molecule has 72 heavy (non-hydrogen) atoms. The summed E-state index contributed by atoms with van der Waals surface area (Å²) in [6.07, 6.45) is 9.12. The molecule has 386 valence electrons. The first-order valence-corrected chi connectivity index (χ1v) is 26.7. The number of carbonyl (C=O) groups is 2. The largest absolute Gasteiger partial charge is 0.758 e. The van der Waals surface area contributed by atoms with Crippen LogP contribution < -0.4 is 29.5 Å². The van der Waals surface area contributed by atoms with Crippen LogP contribution in [0.4, 0.5) is 21.6 Å². The predicted molar refractivity (Wildman–Crippen MR) is 275 cm³/mol. The third-order valence-corrected chi connectivity index (χ3v) is 16.9. The number of aromatic nitrogens is 3. The average Bonchev–Trinajstić information content (AvgIpc) is 3.70. The molecule has 1 atom stereocenters. The van der Waals surface area contributed by atoms with E-state index in [1.807, 2.05) is 11.8 Å². The maximum Gasteiger partial charge on any atom is 0.268 e. The Kier molecular flexibility index (Phi) is 14.5. The normalized spacial score (nSPS) is 21.7. The molecular formula is C53H67FN9O8S-. The topological polar surface area (TPSA) is 209 Å². The fourth-order valence-corrected chi connectivity index (χ4v) is 12.2. The van der Waals surface area contributed by atoms with Gasteiger partial charge in [-0.25, -0.2) is 22.5 Å². The van der Waals surface area contributed by atoms with Crippen LogP contribution in [0, 0.1) is 22.4 Å². The second-order valence-electron chi connectivity index (χ2n) is 20.9. The lowest BCUT2D eigenvalue weighted by atomic mass is 9.59. The van der Waals surface area contributed by atoms with E-state index in [0.29, 0.717) is 49.5 Å². The van der Waals surface area contributed by atoms with Crippen molar-refractivity contribution in [1.29, 1.82) is 0 Å². The number of carbonyl (C=O) groups excluding carboxylic acids is 2. The number of anilines is 3. The van der Waals surface area contributed by atoms with Crippen LogP contribution in [0.1, 0.15) is 119 Å². The zero-order chi connectivity index (χ0) is 51.1. The van der Waals surface area contributed by atoms with Crippen molar-refractivity contribution in [2.75, 3.05) is 68.2 Å². The van der Waals surface area contributed by atoms with Crippen molar-refractivity contribution in [1.82, 2.24) is 29.5 Å². The number of pyridine rings is 2. The van der Waals surface area contributed by atoms with Crippen LogP contribution in [0.5, 0.6) is 17.4 Å². The van der Waals surface area contributed by atoms with E-state index < -0.39 is 32.2 Å². The number of H-pyrrole nitrogens is 1. The SMILES string of the molecule is CCOc1nc2[nH]cc(F)c2cc1Oc1cc(N2CCC3(CC2)CC(N2CCN(C(C)=O)C[C@H]2c2ccccc2C(C)C)C3)ccc1C(=O)NS(=O)(=O)c1cnc(NCC2CCC(C)(O)CC2)c(N(C)[O-])c1. The molecule has 2 aliphatic carbocycles. The Morgan fingerprint density at radius 2 is 1.76 bits per heavy atom. The number of ether oxygens (including phenoxy) is 2. The van der Waals surface area contributed by atoms with Gasteiger partial charge in [0.2, 0.25) is 5.91 Å². The Labute approximate surface area is 421 Å². The van der Waals surface area contributed by atoms with Crippen molar-refractivity contribution in [2.45, 2.75) is 114 Å². The van der Waals surface area contributed by atoms with Crippen LogP contribution in [-0.2, 0) is 14.8 Å². The Hall–Kier alpha value is -6.02. The lowest BCUT2D eigenvalue weighted by Gasteiger charge is -2.58. The Morgan fingerprint density at radius 1 is 1.03 bits per heavy atom. The van der Waals surface area contributed by atoms with Crippen LogP contribution in [0.25, 0.3) is 11.0 Å². The fraction of sp³-hybridized carbons (Fsp3) is 0.509. The number of hydroxylamine groups is 1. The van der Waals surface area contributed by atoms with Crippen molar-refractivity contribution >= 4 is 50.1 Å². The van der Waals surface area contributed by atoms with Gasteiger partial charge in [-0.3, -0.25) is 14.5 Å². The number of aromatic amines is 1. The quantitative estimate of drug-likeness (QED) is 0.0726. The summed E-state index contributed by atoms with van der Waals surface area (Å²) >= 11 is 0. The number of rotatable bonds is 15. The molecule has 5 heterocycles. The molecule has 0 radical (unpaired) electrons. The number of halogens is 1. The summed E-state index contributed by atoms with van der Waals surface area (Å²) in [7, 11) is -3.37. The second kappa shape index (κ2) is 20.5. The molecule has 1 spiro atoms. The Balaban J connectivity index is 0.938. The number of nitrogens with one attached hydrogen (secondary N) is 3. The van der Waals surface area contributed by atoms with Crippen molar-refractivity contribution in [2.24, 2.45) is 11.3 Å². The van der Waals surface area contributed by atoms with E-state index in [1.54, 1.807) is 26.0 Å². The van der Waals surface area contributed by atoms with E-state index in [-0.39, 0.29) is 75.4 Å². The van der Waals surface area contributed by atoms with E-state index in [1.165, 1.54) is 36.5 Å². The highest BCUT2D eigenvalue weighted by Crippen LogP contribution is 2.53. The highest BCUT2D eigenvalue weighted by Gasteiger charge is 2.50. The summed E-state index contributed by atoms with van der Waals surface area (Å²) in [5, 5.41) is 27.0. The minimum atomic E-state index is -4.61. The van der Waals surface area contributed by atoms with Gasteiger partial charge < -0.3 is 45.0 Å². The second-order valence-corrected chi connectivity index (χ2v) is 22.6. The molecule has 4 fully saturated rings. The van der Waals surface area contributed by atoms with Gasteiger partial charge in [0.25, 0.3) is 21.8 Å². The van der Waals surface area contributed by atoms with Gasteiger partial charge >= 0.3 is 0 Å². The number of benzene rings is 2. The lowest BCUT2D eigenvalue weighted by molar-refractivity contribution is -0.134. The van der Waals surface area contributed by atoms with Crippen LogP contribution in [0.3, 0.4) is 0 Å². The number of hydrogen-bond donors (Lipinski definition) is 4.